The smallest absolute Gasteiger partial charge is 0.276 e. The van der Waals surface area contributed by atoms with Gasteiger partial charge in [-0.1, -0.05) is 35.9 Å². The number of ether oxygens (including phenoxy) is 1. The minimum absolute atomic E-state index is 0.296. The summed E-state index contributed by atoms with van der Waals surface area (Å²) in [6.45, 7) is 1.85. The largest absolute Gasteiger partial charge is 0.454 e. The van der Waals surface area contributed by atoms with E-state index in [1.807, 2.05) is 13.0 Å². The zero-order chi connectivity index (χ0) is 14.1. The quantitative estimate of drug-likeness (QED) is 0.762. The van der Waals surface area contributed by atoms with Gasteiger partial charge >= 0.3 is 0 Å². The summed E-state index contributed by atoms with van der Waals surface area (Å²) in [6.07, 6.45) is 0. The number of hydrogen-bond acceptors (Lipinski definition) is 4. The maximum atomic E-state index is 12.6. The highest BCUT2D eigenvalue weighted by Gasteiger charge is 2.70. The molecule has 2 atom stereocenters. The molecule has 0 spiro atoms. The van der Waals surface area contributed by atoms with Crippen LogP contribution in [0.2, 0.25) is 0 Å². The number of benzene rings is 2. The highest BCUT2D eigenvalue weighted by Crippen LogP contribution is 2.57. The number of aryl methyl sites for hydroxylation is 1. The first-order valence-electron chi connectivity index (χ1n) is 6.37. The molecule has 100 valence electrons. The molecule has 0 fully saturated rings. The Morgan fingerprint density at radius 1 is 1.05 bits per heavy atom. The van der Waals surface area contributed by atoms with Crippen molar-refractivity contribution in [3.8, 4) is 5.75 Å². The van der Waals surface area contributed by atoms with Crippen LogP contribution in [0.15, 0.2) is 42.5 Å². The molecule has 2 N–H and O–H groups in total. The van der Waals surface area contributed by atoms with Gasteiger partial charge in [0.05, 0.1) is 0 Å². The summed E-state index contributed by atoms with van der Waals surface area (Å²) in [5.41, 5.74) is -0.265. The van der Waals surface area contributed by atoms with Gasteiger partial charge in [0.2, 0.25) is 11.4 Å². The lowest BCUT2D eigenvalue weighted by molar-refractivity contribution is -0.224. The summed E-state index contributed by atoms with van der Waals surface area (Å²) < 4.78 is 5.56. The summed E-state index contributed by atoms with van der Waals surface area (Å²) in [5.74, 6) is -2.24. The minimum atomic E-state index is -2.07. The fourth-order valence-electron chi connectivity index (χ4n) is 3.13. The Labute approximate surface area is 115 Å². The molecule has 0 unspecified atom stereocenters. The molecule has 4 heteroatoms. The van der Waals surface area contributed by atoms with Gasteiger partial charge < -0.3 is 14.9 Å². The fraction of sp³-hybridized carbons (Fsp3) is 0.188. The third-order valence-electron chi connectivity index (χ3n) is 4.14. The van der Waals surface area contributed by atoms with Gasteiger partial charge in [-0.3, -0.25) is 4.79 Å². The number of carbonyl (C=O) groups excluding carboxylic acids is 1. The van der Waals surface area contributed by atoms with E-state index in [2.05, 4.69) is 0 Å². The summed E-state index contributed by atoms with van der Waals surface area (Å²) in [6, 6.07) is 11.7. The van der Waals surface area contributed by atoms with E-state index in [4.69, 9.17) is 4.74 Å². The number of aliphatic hydroxyl groups is 2. The molecule has 4 nitrogen and oxygen atoms in total. The van der Waals surface area contributed by atoms with Gasteiger partial charge in [0.25, 0.3) is 5.79 Å². The van der Waals surface area contributed by atoms with Crippen molar-refractivity contribution in [3.63, 3.8) is 0 Å². The Bertz CT molecular complexity index is 767. The Balaban J connectivity index is 2.07. The highest BCUT2D eigenvalue weighted by atomic mass is 16.7. The van der Waals surface area contributed by atoms with Crippen LogP contribution in [-0.4, -0.2) is 16.0 Å². The van der Waals surface area contributed by atoms with Gasteiger partial charge in [0.15, 0.2) is 0 Å². The molecule has 1 aliphatic heterocycles. The lowest BCUT2D eigenvalue weighted by Gasteiger charge is -2.28. The van der Waals surface area contributed by atoms with E-state index < -0.39 is 17.2 Å². The zero-order valence-corrected chi connectivity index (χ0v) is 10.8. The third-order valence-corrected chi connectivity index (χ3v) is 4.14. The maximum absolute atomic E-state index is 12.6. The molecule has 1 heterocycles. The minimum Gasteiger partial charge on any atom is -0.454 e. The summed E-state index contributed by atoms with van der Waals surface area (Å²) in [7, 11) is 0. The molecular formula is C16H12O4. The molecule has 0 saturated heterocycles. The normalized spacial score (nSPS) is 29.6. The number of hydrogen-bond donors (Lipinski definition) is 2. The Kier molecular flexibility index (Phi) is 1.91. The molecule has 2 aromatic carbocycles. The second kappa shape index (κ2) is 3.29. The average Bonchev–Trinajstić information content (AvgIpc) is 2.77. The second-order valence-corrected chi connectivity index (χ2v) is 5.33. The molecule has 0 bridgehead atoms. The van der Waals surface area contributed by atoms with Crippen molar-refractivity contribution in [2.45, 2.75) is 18.3 Å². The predicted octanol–water partition coefficient (Wildman–Crippen LogP) is 1.62. The predicted molar refractivity (Wildman–Crippen MR) is 70.4 cm³/mol. The first-order chi connectivity index (χ1) is 9.48. The molecule has 0 saturated carbocycles. The van der Waals surface area contributed by atoms with Crippen LogP contribution >= 0.6 is 0 Å². The Morgan fingerprint density at radius 3 is 2.60 bits per heavy atom. The summed E-state index contributed by atoms with van der Waals surface area (Å²) in [5, 5.41) is 21.8. The third kappa shape index (κ3) is 1.04. The first-order valence-corrected chi connectivity index (χ1v) is 6.37. The molecule has 2 aromatic rings. The number of carbonyl (C=O) groups is 1. The summed E-state index contributed by atoms with van der Waals surface area (Å²) >= 11 is 0. The van der Waals surface area contributed by atoms with Crippen LogP contribution in [0.5, 0.6) is 5.75 Å². The van der Waals surface area contributed by atoms with Gasteiger partial charge in [0, 0.05) is 16.7 Å². The van der Waals surface area contributed by atoms with Gasteiger partial charge in [-0.2, -0.15) is 0 Å². The fourth-order valence-corrected chi connectivity index (χ4v) is 3.13. The molecule has 0 aromatic heterocycles. The highest BCUT2D eigenvalue weighted by molar-refractivity contribution is 6.09. The van der Waals surface area contributed by atoms with E-state index in [1.165, 1.54) is 0 Å². The number of Topliss-reactive ketones (excluding diaryl/α,β-unsaturated/α-hetero) is 1. The van der Waals surface area contributed by atoms with E-state index in [0.29, 0.717) is 22.4 Å². The molecule has 0 radical (unpaired) electrons. The molecule has 0 amide bonds. The van der Waals surface area contributed by atoms with E-state index in [1.54, 1.807) is 36.4 Å². The van der Waals surface area contributed by atoms with Gasteiger partial charge in [-0.15, -0.1) is 0 Å². The van der Waals surface area contributed by atoms with Crippen LogP contribution in [-0.2, 0) is 11.4 Å². The summed E-state index contributed by atoms with van der Waals surface area (Å²) in [4.78, 5) is 12.6. The average molecular weight is 268 g/mol. The van der Waals surface area contributed by atoms with Crippen LogP contribution in [0.3, 0.4) is 0 Å². The molecular weight excluding hydrogens is 256 g/mol. The van der Waals surface area contributed by atoms with Crippen molar-refractivity contribution in [2.24, 2.45) is 0 Å². The Morgan fingerprint density at radius 2 is 1.80 bits per heavy atom. The van der Waals surface area contributed by atoms with Gasteiger partial charge in [0.1, 0.15) is 5.75 Å². The van der Waals surface area contributed by atoms with Crippen LogP contribution in [0.1, 0.15) is 27.0 Å². The maximum Gasteiger partial charge on any atom is 0.276 e. The van der Waals surface area contributed by atoms with Crippen molar-refractivity contribution in [1.82, 2.24) is 0 Å². The van der Waals surface area contributed by atoms with Crippen LogP contribution in [0.4, 0.5) is 0 Å². The van der Waals surface area contributed by atoms with Crippen molar-refractivity contribution in [2.75, 3.05) is 0 Å². The zero-order valence-electron chi connectivity index (χ0n) is 10.8. The van der Waals surface area contributed by atoms with Gasteiger partial charge in [-0.25, -0.2) is 0 Å². The molecule has 20 heavy (non-hydrogen) atoms. The van der Waals surface area contributed by atoms with E-state index >= 15 is 0 Å². The first kappa shape index (κ1) is 11.6. The van der Waals surface area contributed by atoms with Crippen molar-refractivity contribution >= 4 is 5.78 Å². The number of rotatable bonds is 0. The lowest BCUT2D eigenvalue weighted by atomic mass is 9.86. The topological polar surface area (TPSA) is 66.8 Å². The monoisotopic (exact) mass is 268 g/mol. The SMILES string of the molecule is Cc1ccc2c(c1)[C@@]1(O)C(=O)c3ccccc3[C@@]1(O)O2. The standard InChI is InChI=1S/C16H12O4/c1-9-6-7-13-12(8-9)15(18)14(17)10-4-2-3-5-11(10)16(15,19)20-13/h2-8,18-19H,1H3/t15-,16-/m1/s1. The number of ketones is 1. The number of fused-ring (bicyclic) bond motifs is 5. The van der Waals surface area contributed by atoms with Gasteiger partial charge in [-0.05, 0) is 19.1 Å². The van der Waals surface area contributed by atoms with E-state index in [9.17, 15) is 15.0 Å². The molecule has 4 rings (SSSR count). The molecule has 2 aliphatic rings. The molecule has 1 aliphatic carbocycles. The van der Waals surface area contributed by atoms with Crippen LogP contribution in [0.25, 0.3) is 0 Å². The van der Waals surface area contributed by atoms with Crippen molar-refractivity contribution in [3.05, 3.63) is 64.7 Å². The van der Waals surface area contributed by atoms with E-state index in [-0.39, 0.29) is 0 Å². The lowest BCUT2D eigenvalue weighted by Crippen LogP contribution is -2.48. The van der Waals surface area contributed by atoms with Crippen LogP contribution < -0.4 is 4.74 Å². The Hall–Kier alpha value is -2.17. The van der Waals surface area contributed by atoms with Crippen LogP contribution in [0, 0.1) is 6.92 Å². The van der Waals surface area contributed by atoms with Crippen molar-refractivity contribution < 1.29 is 19.7 Å². The second-order valence-electron chi connectivity index (χ2n) is 5.33. The van der Waals surface area contributed by atoms with Crippen molar-refractivity contribution in [1.29, 1.82) is 0 Å². The van der Waals surface area contributed by atoms with E-state index in [0.717, 1.165) is 5.56 Å².